The normalized spacial score (nSPS) is 18.2. The van der Waals surface area contributed by atoms with E-state index in [9.17, 15) is 5.11 Å². The van der Waals surface area contributed by atoms with E-state index < -0.39 is 6.10 Å². The molecule has 5 heteroatoms. The summed E-state index contributed by atoms with van der Waals surface area (Å²) in [5.41, 5.74) is 1.77. The van der Waals surface area contributed by atoms with Crippen LogP contribution in [-0.4, -0.2) is 42.7 Å². The molecule has 17 heavy (non-hydrogen) atoms. The van der Waals surface area contributed by atoms with E-state index in [4.69, 9.17) is 14.6 Å². The van der Waals surface area contributed by atoms with Crippen molar-refractivity contribution in [2.24, 2.45) is 0 Å². The second kappa shape index (κ2) is 5.97. The number of nitrogens with one attached hydrogen (secondary N) is 1. The summed E-state index contributed by atoms with van der Waals surface area (Å²) in [5.74, 6) is 0. The van der Waals surface area contributed by atoms with Crippen molar-refractivity contribution in [1.29, 1.82) is 0 Å². The molecule has 0 aliphatic carbocycles. The lowest BCUT2D eigenvalue weighted by Gasteiger charge is -2.17. The van der Waals surface area contributed by atoms with Crippen LogP contribution in [-0.2, 0) is 9.47 Å². The molecule has 1 atom stereocenters. The van der Waals surface area contributed by atoms with Gasteiger partial charge in [0.15, 0.2) is 6.29 Å². The molecule has 0 bridgehead atoms. The zero-order chi connectivity index (χ0) is 12.1. The van der Waals surface area contributed by atoms with Gasteiger partial charge in [-0.1, -0.05) is 18.2 Å². The minimum absolute atomic E-state index is 0.258. The van der Waals surface area contributed by atoms with Gasteiger partial charge < -0.3 is 25.0 Å². The second-order valence-electron chi connectivity index (χ2n) is 3.88. The van der Waals surface area contributed by atoms with Crippen LogP contribution in [0.1, 0.15) is 11.9 Å². The van der Waals surface area contributed by atoms with Crippen molar-refractivity contribution in [2.45, 2.75) is 12.4 Å². The van der Waals surface area contributed by atoms with E-state index in [-0.39, 0.29) is 12.9 Å². The third-order valence-corrected chi connectivity index (χ3v) is 2.58. The molecular formula is C12H17NO4. The van der Waals surface area contributed by atoms with Crippen LogP contribution in [0.2, 0.25) is 0 Å². The highest BCUT2D eigenvalue weighted by Crippen LogP contribution is 2.29. The van der Waals surface area contributed by atoms with E-state index in [2.05, 4.69) is 5.32 Å². The fraction of sp³-hybridized carbons (Fsp3) is 0.500. The van der Waals surface area contributed by atoms with Crippen LogP contribution < -0.4 is 5.32 Å². The van der Waals surface area contributed by atoms with Gasteiger partial charge in [-0.15, -0.1) is 0 Å². The predicted molar refractivity (Wildman–Crippen MR) is 62.7 cm³/mol. The molecule has 0 aromatic heterocycles. The Balaban J connectivity index is 2.04. The van der Waals surface area contributed by atoms with Gasteiger partial charge in [-0.2, -0.15) is 0 Å². The molecule has 1 aliphatic heterocycles. The van der Waals surface area contributed by atoms with Gasteiger partial charge in [0.1, 0.15) is 0 Å². The molecule has 2 rings (SSSR count). The summed E-state index contributed by atoms with van der Waals surface area (Å²) < 4.78 is 10.9. The summed E-state index contributed by atoms with van der Waals surface area (Å²) in [6, 6.07) is 7.62. The van der Waals surface area contributed by atoms with E-state index >= 15 is 0 Å². The van der Waals surface area contributed by atoms with Gasteiger partial charge in [0, 0.05) is 17.8 Å². The second-order valence-corrected chi connectivity index (χ2v) is 3.88. The highest BCUT2D eigenvalue weighted by molar-refractivity contribution is 5.51. The van der Waals surface area contributed by atoms with Crippen molar-refractivity contribution in [3.8, 4) is 0 Å². The molecule has 1 saturated heterocycles. The van der Waals surface area contributed by atoms with E-state index in [0.29, 0.717) is 19.8 Å². The Morgan fingerprint density at radius 3 is 2.71 bits per heavy atom. The number of benzene rings is 1. The van der Waals surface area contributed by atoms with Gasteiger partial charge in [-0.05, 0) is 6.07 Å². The van der Waals surface area contributed by atoms with Gasteiger partial charge in [-0.3, -0.25) is 0 Å². The molecule has 0 radical (unpaired) electrons. The summed E-state index contributed by atoms with van der Waals surface area (Å²) in [4.78, 5) is 0. The predicted octanol–water partition coefficient (Wildman–Crippen LogP) is 0.497. The average molecular weight is 239 g/mol. The van der Waals surface area contributed by atoms with Crippen molar-refractivity contribution < 1.29 is 19.7 Å². The van der Waals surface area contributed by atoms with Gasteiger partial charge in [0.25, 0.3) is 0 Å². The highest BCUT2D eigenvalue weighted by Gasteiger charge is 2.21. The van der Waals surface area contributed by atoms with Crippen LogP contribution in [0, 0.1) is 0 Å². The van der Waals surface area contributed by atoms with Crippen molar-refractivity contribution in [3.63, 3.8) is 0 Å². The number of aliphatic hydroxyl groups is 2. The quantitative estimate of drug-likeness (QED) is 0.698. The number of hydrogen-bond acceptors (Lipinski definition) is 5. The average Bonchev–Trinajstić information content (AvgIpc) is 2.90. The first-order valence-electron chi connectivity index (χ1n) is 5.66. The Morgan fingerprint density at radius 2 is 2.00 bits per heavy atom. The SMILES string of the molecule is OCC(O)CNc1ccccc1C1OCCO1. The first-order chi connectivity index (χ1) is 8.31. The van der Waals surface area contributed by atoms with Crippen LogP contribution >= 0.6 is 0 Å². The standard InChI is InChI=1S/C12H17NO4/c14-8-9(15)7-13-11-4-2-1-3-10(11)12-16-5-6-17-12/h1-4,9,12-15H,5-8H2. The van der Waals surface area contributed by atoms with Crippen LogP contribution in [0.15, 0.2) is 24.3 Å². The minimum Gasteiger partial charge on any atom is -0.394 e. The van der Waals surface area contributed by atoms with Gasteiger partial charge >= 0.3 is 0 Å². The van der Waals surface area contributed by atoms with Crippen LogP contribution in [0.25, 0.3) is 0 Å². The van der Waals surface area contributed by atoms with Crippen molar-refractivity contribution in [3.05, 3.63) is 29.8 Å². The van der Waals surface area contributed by atoms with Gasteiger partial charge in [0.05, 0.1) is 25.9 Å². The lowest BCUT2D eigenvalue weighted by Crippen LogP contribution is -2.23. The van der Waals surface area contributed by atoms with Gasteiger partial charge in [0.2, 0.25) is 0 Å². The number of hydrogen-bond donors (Lipinski definition) is 3. The molecule has 1 unspecified atom stereocenters. The molecule has 1 fully saturated rings. The Kier molecular flexibility index (Phi) is 4.33. The number of aliphatic hydroxyl groups excluding tert-OH is 2. The monoisotopic (exact) mass is 239 g/mol. The molecule has 0 amide bonds. The largest absolute Gasteiger partial charge is 0.394 e. The van der Waals surface area contributed by atoms with E-state index in [1.165, 1.54) is 0 Å². The molecule has 1 aromatic carbocycles. The van der Waals surface area contributed by atoms with Crippen LogP contribution in [0.3, 0.4) is 0 Å². The molecular weight excluding hydrogens is 222 g/mol. The van der Waals surface area contributed by atoms with Crippen molar-refractivity contribution in [2.75, 3.05) is 31.7 Å². The summed E-state index contributed by atoms with van der Waals surface area (Å²) >= 11 is 0. The molecule has 1 aliphatic rings. The Bertz CT molecular complexity index is 352. The molecule has 3 N–H and O–H groups in total. The zero-order valence-corrected chi connectivity index (χ0v) is 9.50. The van der Waals surface area contributed by atoms with Crippen molar-refractivity contribution in [1.82, 2.24) is 0 Å². The maximum Gasteiger partial charge on any atom is 0.186 e. The maximum atomic E-state index is 9.30. The fourth-order valence-electron chi connectivity index (χ4n) is 1.69. The molecule has 1 heterocycles. The van der Waals surface area contributed by atoms with E-state index in [1.54, 1.807) is 0 Å². The lowest BCUT2D eigenvalue weighted by molar-refractivity contribution is -0.0436. The van der Waals surface area contributed by atoms with E-state index in [0.717, 1.165) is 11.3 Å². The summed E-state index contributed by atoms with van der Waals surface area (Å²) in [5, 5.41) is 21.1. The third-order valence-electron chi connectivity index (χ3n) is 2.58. The number of anilines is 1. The Morgan fingerprint density at radius 1 is 1.29 bits per heavy atom. The Labute approximate surface area is 100.0 Å². The lowest BCUT2D eigenvalue weighted by atomic mass is 10.1. The maximum absolute atomic E-state index is 9.30. The molecule has 5 nitrogen and oxygen atoms in total. The minimum atomic E-state index is -0.770. The van der Waals surface area contributed by atoms with Crippen molar-refractivity contribution >= 4 is 5.69 Å². The topological polar surface area (TPSA) is 71.0 Å². The van der Waals surface area contributed by atoms with Crippen LogP contribution in [0.4, 0.5) is 5.69 Å². The molecule has 94 valence electrons. The van der Waals surface area contributed by atoms with Gasteiger partial charge in [-0.25, -0.2) is 0 Å². The number of rotatable bonds is 5. The summed E-state index contributed by atoms with van der Waals surface area (Å²) in [6.45, 7) is 1.22. The molecule has 0 spiro atoms. The highest BCUT2D eigenvalue weighted by atomic mass is 16.7. The fourth-order valence-corrected chi connectivity index (χ4v) is 1.69. The molecule has 0 saturated carbocycles. The smallest absolute Gasteiger partial charge is 0.186 e. The summed E-state index contributed by atoms with van der Waals surface area (Å²) in [6.07, 6.45) is -1.11. The Hall–Kier alpha value is -1.14. The number of ether oxygens (including phenoxy) is 2. The summed E-state index contributed by atoms with van der Waals surface area (Å²) in [7, 11) is 0. The number of para-hydroxylation sites is 1. The third kappa shape index (κ3) is 3.17. The molecule has 1 aromatic rings. The zero-order valence-electron chi connectivity index (χ0n) is 9.50. The first-order valence-corrected chi connectivity index (χ1v) is 5.66. The van der Waals surface area contributed by atoms with Crippen LogP contribution in [0.5, 0.6) is 0 Å². The van der Waals surface area contributed by atoms with E-state index in [1.807, 2.05) is 24.3 Å². The first kappa shape index (κ1) is 12.3.